The van der Waals surface area contributed by atoms with Gasteiger partial charge >= 0.3 is 26.5 Å². The van der Waals surface area contributed by atoms with Crippen molar-refractivity contribution in [1.82, 2.24) is 0 Å². The van der Waals surface area contributed by atoms with E-state index in [9.17, 15) is 0 Å². The third kappa shape index (κ3) is 162. The fourth-order valence-electron chi connectivity index (χ4n) is 0. The van der Waals surface area contributed by atoms with Crippen LogP contribution in [0.25, 0.3) is 0 Å². The third-order valence-corrected chi connectivity index (χ3v) is 0.224. The largest absolute Gasteiger partial charge is 3.00 e. The minimum absolute atomic E-state index is 0. The van der Waals surface area contributed by atoms with Crippen molar-refractivity contribution in [2.75, 3.05) is 0 Å². The predicted molar refractivity (Wildman–Crippen MR) is 26.4 cm³/mol. The van der Waals surface area contributed by atoms with E-state index in [0.29, 0.717) is 0 Å². The zero-order chi connectivity index (χ0) is 8.78. The number of hydrogen-bond donors (Lipinski definition) is 1. The van der Waals surface area contributed by atoms with Crippen molar-refractivity contribution < 1.29 is 36.6 Å². The quantitative estimate of drug-likeness (QED) is 0.156. The fraction of sp³-hybridized carbons (Fsp3) is 0. The van der Waals surface area contributed by atoms with Gasteiger partial charge in [-0.15, -0.1) is 0 Å². The second-order valence-corrected chi connectivity index (χ2v) is 2.25. The van der Waals surface area contributed by atoms with Crippen LogP contribution in [0.5, 0.6) is 0 Å². The van der Waals surface area contributed by atoms with Crippen LogP contribution in [0.15, 0.2) is 0 Å². The van der Waals surface area contributed by atoms with Gasteiger partial charge < -0.3 is 22.9 Å². The maximum Gasteiger partial charge on any atom is 3.00 e. The maximum atomic E-state index is 8.97. The van der Waals surface area contributed by atoms with Crippen molar-refractivity contribution in [3.63, 3.8) is 0 Å². The normalized spacial score (nSPS) is 8.27. The Hall–Kier alpha value is -0.0206. The molecular weight excluding hydrogens is 215 g/mol. The Labute approximate surface area is 74.0 Å². The molecule has 11 heteroatoms. The van der Waals surface area contributed by atoms with Crippen molar-refractivity contribution in [2.24, 2.45) is 0 Å². The molecule has 0 aliphatic carbocycles. The predicted octanol–water partition coefficient (Wildman–Crippen LogP) is -3.47. The van der Waals surface area contributed by atoms with Crippen LogP contribution < -0.4 is 4.80 Å². The summed E-state index contributed by atoms with van der Waals surface area (Å²) in [5.74, 6) is 0. The van der Waals surface area contributed by atoms with Crippen molar-refractivity contribution in [2.45, 2.75) is 0 Å². The molecule has 0 spiro atoms. The average Bonchev–Trinajstić information content (AvgIpc) is 1.61. The molecule has 0 bridgehead atoms. The van der Waals surface area contributed by atoms with E-state index < -0.39 is 19.6 Å². The van der Waals surface area contributed by atoms with Gasteiger partial charge in [0.1, 0.15) is 0 Å². The molecule has 62 valence electrons. The minimum Gasteiger partial charge on any atom is -0.759 e. The standard InChI is InChI=1S/Al.H2O4S.HO4Si/c;1-5(2,3)4;1-4-5(2)3/h;(H2,1,2,3,4);1H/q+3;;-1/p-2. The van der Waals surface area contributed by atoms with Crippen molar-refractivity contribution in [1.29, 1.82) is 0 Å². The van der Waals surface area contributed by atoms with Gasteiger partial charge in [0.25, 0.3) is 0 Å². The molecule has 0 saturated carbocycles. The van der Waals surface area contributed by atoms with Crippen molar-refractivity contribution >= 4 is 36.9 Å². The van der Waals surface area contributed by atoms with Crippen molar-refractivity contribution in [3.8, 4) is 0 Å². The van der Waals surface area contributed by atoms with E-state index in [4.69, 9.17) is 32.0 Å². The summed E-state index contributed by atoms with van der Waals surface area (Å²) in [5.41, 5.74) is 0. The van der Waals surface area contributed by atoms with Gasteiger partial charge in [-0.25, -0.2) is 0 Å². The monoisotopic (exact) mass is 216 g/mol. The molecule has 8 nitrogen and oxygen atoms in total. The Morgan fingerprint density at radius 3 is 1.45 bits per heavy atom. The molecule has 0 aliphatic rings. The Morgan fingerprint density at radius 1 is 1.36 bits per heavy atom. The van der Waals surface area contributed by atoms with Gasteiger partial charge in [0.2, 0.25) is 0 Å². The molecule has 11 heavy (non-hydrogen) atoms. The van der Waals surface area contributed by atoms with Crippen LogP contribution in [0.1, 0.15) is 0 Å². The molecule has 0 unspecified atom stereocenters. The van der Waals surface area contributed by atoms with E-state index in [1.807, 2.05) is 0 Å². The van der Waals surface area contributed by atoms with E-state index in [1.54, 1.807) is 0 Å². The van der Waals surface area contributed by atoms with E-state index in [-0.39, 0.29) is 17.4 Å². The molecule has 0 saturated heterocycles. The molecule has 0 aromatic heterocycles. The van der Waals surface area contributed by atoms with E-state index >= 15 is 0 Å². The summed E-state index contributed by atoms with van der Waals surface area (Å²) >= 11 is 0. The smallest absolute Gasteiger partial charge is 0.759 e. The van der Waals surface area contributed by atoms with Gasteiger partial charge in [-0.2, -0.15) is 0 Å². The zero-order valence-electron chi connectivity index (χ0n) is 4.79. The first kappa shape index (κ1) is 17.2. The molecular formula is HAlO8SSi. The fourth-order valence-corrected chi connectivity index (χ4v) is 0. The third-order valence-electron chi connectivity index (χ3n) is 0.0745. The molecule has 0 aromatic carbocycles. The van der Waals surface area contributed by atoms with Gasteiger partial charge in [0.05, 0.1) is 0 Å². The topological polar surface area (TPSA) is 150 Å². The molecule has 0 aromatic rings. The molecule has 0 amide bonds. The molecule has 0 aliphatic heterocycles. The summed E-state index contributed by atoms with van der Waals surface area (Å²) in [5, 5.41) is 7.06. The van der Waals surface area contributed by atoms with Crippen LogP contribution in [0.4, 0.5) is 0 Å². The Kier molecular flexibility index (Phi) is 12.6. The number of hydrogen-bond acceptors (Lipinski definition) is 8. The minimum atomic E-state index is -5.17. The molecule has 0 atom stereocenters. The van der Waals surface area contributed by atoms with Crippen molar-refractivity contribution in [3.05, 3.63) is 0 Å². The maximum absolute atomic E-state index is 8.97. The molecule has 0 heterocycles. The van der Waals surface area contributed by atoms with Crippen LogP contribution in [0, 0.1) is 0 Å². The summed E-state index contributed by atoms with van der Waals surface area (Å²) in [4.78, 5) is 8.97. The van der Waals surface area contributed by atoms with Crippen LogP contribution in [-0.2, 0) is 19.4 Å². The van der Waals surface area contributed by atoms with Crippen LogP contribution in [0.2, 0.25) is 0 Å². The number of rotatable bonds is 1. The Bertz CT molecular complexity index is 172. The van der Waals surface area contributed by atoms with Gasteiger partial charge in [-0.05, 0) is 0 Å². The second-order valence-electron chi connectivity index (χ2n) is 0.750. The van der Waals surface area contributed by atoms with Crippen LogP contribution in [-0.4, -0.2) is 49.3 Å². The van der Waals surface area contributed by atoms with E-state index in [1.165, 1.54) is 0 Å². The second kappa shape index (κ2) is 8.08. The first-order chi connectivity index (χ1) is 4.27. The van der Waals surface area contributed by atoms with E-state index in [2.05, 4.69) is 4.58 Å². The summed E-state index contributed by atoms with van der Waals surface area (Å²) in [7, 11) is -8.49. The first-order valence-corrected chi connectivity index (χ1v) is 4.02. The van der Waals surface area contributed by atoms with Crippen LogP contribution in [0.3, 0.4) is 0 Å². The molecule has 0 fully saturated rings. The van der Waals surface area contributed by atoms with Gasteiger partial charge in [0.15, 0.2) is 0 Å². The molecule has 0 radical (unpaired) electrons. The Balaban J connectivity index is -0.000000107. The summed E-state index contributed by atoms with van der Waals surface area (Å²) in [6, 6.07) is 0. The van der Waals surface area contributed by atoms with Crippen LogP contribution >= 0.6 is 0 Å². The van der Waals surface area contributed by atoms with Gasteiger partial charge in [-0.3, -0.25) is 13.7 Å². The van der Waals surface area contributed by atoms with Gasteiger partial charge in [-0.1, -0.05) is 0 Å². The van der Waals surface area contributed by atoms with Gasteiger partial charge in [0, 0.05) is 10.4 Å². The Morgan fingerprint density at radius 2 is 1.45 bits per heavy atom. The zero-order valence-corrected chi connectivity index (χ0v) is 7.76. The molecule has 1 N–H and O–H groups in total. The summed E-state index contributed by atoms with van der Waals surface area (Å²) in [6.07, 6.45) is 0. The average molecular weight is 216 g/mol. The summed E-state index contributed by atoms with van der Waals surface area (Å²) < 4.78 is 45.8. The molecule has 0 rings (SSSR count). The summed E-state index contributed by atoms with van der Waals surface area (Å²) in [6.45, 7) is 0. The van der Waals surface area contributed by atoms with E-state index in [0.717, 1.165) is 0 Å². The first-order valence-electron chi connectivity index (χ1n) is 1.46. The SMILES string of the molecule is O=S(=O)([O-])[O-].O=[Si]([O-])OO.[Al+3].